The van der Waals surface area contributed by atoms with Crippen molar-refractivity contribution in [3.8, 4) is 11.3 Å². The van der Waals surface area contributed by atoms with E-state index in [0.717, 1.165) is 12.1 Å². The third-order valence-corrected chi connectivity index (χ3v) is 3.04. The van der Waals surface area contributed by atoms with Gasteiger partial charge in [0.25, 0.3) is 5.69 Å². The van der Waals surface area contributed by atoms with Gasteiger partial charge in [0, 0.05) is 6.07 Å². The molecule has 0 bridgehead atoms. The highest BCUT2D eigenvalue weighted by Crippen LogP contribution is 2.15. The molecule has 0 fully saturated rings. The van der Waals surface area contributed by atoms with Crippen LogP contribution < -0.4 is 10.3 Å². The van der Waals surface area contributed by atoms with Crippen molar-refractivity contribution >= 4 is 11.0 Å². The van der Waals surface area contributed by atoms with Crippen molar-refractivity contribution in [1.82, 2.24) is 4.73 Å². The summed E-state index contributed by atoms with van der Waals surface area (Å²) < 4.78 is 13.8. The fourth-order valence-electron chi connectivity index (χ4n) is 2.08. The number of para-hydroxylation sites is 2. The topological polar surface area (TPSA) is 69.2 Å². The average Bonchev–Trinajstić information content (AvgIpc) is 2.47. The van der Waals surface area contributed by atoms with E-state index in [2.05, 4.69) is 0 Å². The Kier molecular flexibility index (Phi) is 2.64. The molecule has 3 rings (SSSR count). The van der Waals surface area contributed by atoms with Crippen LogP contribution in [0.3, 0.4) is 0 Å². The first-order valence-electron chi connectivity index (χ1n) is 5.82. The first-order valence-corrected chi connectivity index (χ1v) is 5.82. The smallest absolute Gasteiger partial charge is 0.357 e. The van der Waals surface area contributed by atoms with Crippen molar-refractivity contribution in [2.24, 2.45) is 0 Å². The quantitative estimate of drug-likeness (QED) is 0.416. The molecule has 0 aliphatic heterocycles. The monoisotopic (exact) mass is 272 g/mol. The Morgan fingerprint density at radius 3 is 2.45 bits per heavy atom. The number of aromatic nitrogens is 2. The van der Waals surface area contributed by atoms with Crippen LogP contribution in [-0.2, 0) is 0 Å². The zero-order valence-electron chi connectivity index (χ0n) is 10.2. The number of halogens is 1. The molecular weight excluding hydrogens is 263 g/mol. The van der Waals surface area contributed by atoms with Crippen molar-refractivity contribution in [3.63, 3.8) is 0 Å². The molecule has 0 atom stereocenters. The molecule has 0 aliphatic carbocycles. The molecule has 3 aromatic rings. The first-order chi connectivity index (χ1) is 9.59. The second-order valence-corrected chi connectivity index (χ2v) is 4.26. The van der Waals surface area contributed by atoms with Gasteiger partial charge in [0.1, 0.15) is 5.82 Å². The van der Waals surface area contributed by atoms with Crippen LogP contribution >= 0.6 is 0 Å². The number of nitrogens with zero attached hydrogens (tertiary/aromatic N) is 2. The van der Waals surface area contributed by atoms with E-state index < -0.39 is 11.4 Å². The maximum Gasteiger partial charge on any atom is 0.357 e. The van der Waals surface area contributed by atoms with Crippen molar-refractivity contribution in [1.29, 1.82) is 0 Å². The number of hydrogen-bond acceptors (Lipinski definition) is 3. The maximum absolute atomic E-state index is 12.9. The van der Waals surface area contributed by atoms with Crippen LogP contribution in [-0.4, -0.2) is 9.94 Å². The molecule has 0 aliphatic rings. The highest BCUT2D eigenvalue weighted by molar-refractivity contribution is 5.73. The van der Waals surface area contributed by atoms with Crippen LogP contribution in [0.5, 0.6) is 0 Å². The largest absolute Gasteiger partial charge is 0.618 e. The molecule has 0 spiro atoms. The van der Waals surface area contributed by atoms with Gasteiger partial charge in [-0.2, -0.15) is 4.73 Å². The molecule has 100 valence electrons. The van der Waals surface area contributed by atoms with E-state index in [9.17, 15) is 19.6 Å². The Bertz CT molecular complexity index is 857. The SMILES string of the molecule is O=c1c(-c2ccc(F)cc2)[n+]([O-])c2ccccc2n1O. The Balaban J connectivity index is 2.42. The first kappa shape index (κ1) is 12.2. The lowest BCUT2D eigenvalue weighted by Crippen LogP contribution is -2.40. The average molecular weight is 272 g/mol. The van der Waals surface area contributed by atoms with Gasteiger partial charge in [-0.05, 0) is 30.3 Å². The Morgan fingerprint density at radius 2 is 1.75 bits per heavy atom. The maximum atomic E-state index is 12.9. The summed E-state index contributed by atoms with van der Waals surface area (Å²) in [6.45, 7) is 0. The normalized spacial score (nSPS) is 10.8. The predicted octanol–water partition coefficient (Wildman–Crippen LogP) is 1.68. The summed E-state index contributed by atoms with van der Waals surface area (Å²) in [6, 6.07) is 11.1. The van der Waals surface area contributed by atoms with Crippen molar-refractivity contribution < 1.29 is 14.3 Å². The number of fused-ring (bicyclic) bond motifs is 1. The Morgan fingerprint density at radius 1 is 1.10 bits per heavy atom. The molecule has 2 aromatic carbocycles. The van der Waals surface area contributed by atoms with Crippen molar-refractivity contribution in [2.75, 3.05) is 0 Å². The molecule has 6 heteroatoms. The van der Waals surface area contributed by atoms with E-state index in [1.54, 1.807) is 12.1 Å². The van der Waals surface area contributed by atoms with E-state index in [1.807, 2.05) is 0 Å². The van der Waals surface area contributed by atoms with Gasteiger partial charge in [-0.3, -0.25) is 4.79 Å². The van der Waals surface area contributed by atoms with E-state index in [0.29, 0.717) is 9.46 Å². The van der Waals surface area contributed by atoms with Crippen LogP contribution in [0.15, 0.2) is 53.3 Å². The number of benzene rings is 2. The van der Waals surface area contributed by atoms with Gasteiger partial charge < -0.3 is 10.4 Å². The summed E-state index contributed by atoms with van der Waals surface area (Å²) in [5.74, 6) is -0.476. The third kappa shape index (κ3) is 1.70. The van der Waals surface area contributed by atoms with Gasteiger partial charge >= 0.3 is 5.56 Å². The van der Waals surface area contributed by atoms with Gasteiger partial charge in [-0.1, -0.05) is 12.1 Å². The third-order valence-electron chi connectivity index (χ3n) is 3.04. The Hall–Kier alpha value is -2.89. The van der Waals surface area contributed by atoms with Crippen LogP contribution in [0.1, 0.15) is 0 Å². The predicted molar refractivity (Wildman–Crippen MR) is 69.7 cm³/mol. The van der Waals surface area contributed by atoms with Gasteiger partial charge in [0.05, 0.1) is 5.56 Å². The van der Waals surface area contributed by atoms with Crippen LogP contribution in [0.2, 0.25) is 0 Å². The lowest BCUT2D eigenvalue weighted by Gasteiger charge is -2.09. The zero-order valence-corrected chi connectivity index (χ0v) is 10.2. The standard InChI is InChI=1S/C14H9FN2O3/c15-10-7-5-9(6-8-10)13-14(18)17(20)12-4-2-1-3-11(12)16(13)19/h1-8,20H. The van der Waals surface area contributed by atoms with E-state index in [4.69, 9.17) is 0 Å². The minimum absolute atomic E-state index is 0.110. The molecule has 1 aromatic heterocycles. The molecular formula is C14H9FN2O3. The van der Waals surface area contributed by atoms with Crippen molar-refractivity contribution in [2.45, 2.75) is 0 Å². The highest BCUT2D eigenvalue weighted by Gasteiger charge is 2.21. The zero-order chi connectivity index (χ0) is 14.3. The van der Waals surface area contributed by atoms with E-state index in [1.165, 1.54) is 24.3 Å². The molecule has 1 N–H and O–H groups in total. The van der Waals surface area contributed by atoms with E-state index >= 15 is 0 Å². The van der Waals surface area contributed by atoms with Gasteiger partial charge in [0.15, 0.2) is 5.52 Å². The Labute approximate surface area is 112 Å². The van der Waals surface area contributed by atoms with Gasteiger partial charge in [-0.25, -0.2) is 4.39 Å². The number of hydrogen-bond donors (Lipinski definition) is 1. The van der Waals surface area contributed by atoms with Gasteiger partial charge in [-0.15, -0.1) is 4.73 Å². The minimum atomic E-state index is -0.856. The molecule has 0 amide bonds. The van der Waals surface area contributed by atoms with Crippen LogP contribution in [0.4, 0.5) is 4.39 Å². The summed E-state index contributed by atoms with van der Waals surface area (Å²) in [4.78, 5) is 12.1. The molecule has 5 nitrogen and oxygen atoms in total. The van der Waals surface area contributed by atoms with Crippen molar-refractivity contribution in [3.05, 3.63) is 69.9 Å². The summed E-state index contributed by atoms with van der Waals surface area (Å²) in [6.07, 6.45) is 0. The second-order valence-electron chi connectivity index (χ2n) is 4.26. The second kappa shape index (κ2) is 4.34. The molecule has 0 radical (unpaired) electrons. The van der Waals surface area contributed by atoms with Crippen LogP contribution in [0.25, 0.3) is 22.3 Å². The molecule has 0 unspecified atom stereocenters. The summed E-state index contributed by atoms with van der Waals surface area (Å²) >= 11 is 0. The minimum Gasteiger partial charge on any atom is -0.618 e. The highest BCUT2D eigenvalue weighted by atomic mass is 19.1. The van der Waals surface area contributed by atoms with E-state index in [-0.39, 0.29) is 22.3 Å². The lowest BCUT2D eigenvalue weighted by atomic mass is 10.1. The fourth-order valence-corrected chi connectivity index (χ4v) is 2.08. The number of rotatable bonds is 1. The summed E-state index contributed by atoms with van der Waals surface area (Å²) in [5.41, 5.74) is -0.622. The van der Waals surface area contributed by atoms with Gasteiger partial charge in [0.2, 0.25) is 5.52 Å². The summed E-state index contributed by atoms with van der Waals surface area (Å²) in [7, 11) is 0. The molecule has 0 saturated heterocycles. The molecule has 20 heavy (non-hydrogen) atoms. The fraction of sp³-hybridized carbons (Fsp3) is 0. The summed E-state index contributed by atoms with van der Waals surface area (Å²) in [5, 5.41) is 22.1. The molecule has 1 heterocycles. The lowest BCUT2D eigenvalue weighted by molar-refractivity contribution is -0.566. The molecule has 0 saturated carbocycles. The van der Waals surface area contributed by atoms with Crippen LogP contribution in [0, 0.1) is 11.0 Å².